The predicted molar refractivity (Wildman–Crippen MR) is 50.8 cm³/mol. The van der Waals surface area contributed by atoms with Gasteiger partial charge in [0.2, 0.25) is 12.5 Å². The maximum absolute atomic E-state index is 13.2. The van der Waals surface area contributed by atoms with Crippen molar-refractivity contribution in [2.24, 2.45) is 0 Å². The highest BCUT2D eigenvalue weighted by atomic mass is 19.1. The number of hydrogen-bond acceptors (Lipinski definition) is 4. The molecule has 0 amide bonds. The molecular formula is C10H10FNO3. The van der Waals surface area contributed by atoms with Gasteiger partial charge in [-0.25, -0.2) is 4.39 Å². The summed E-state index contributed by atoms with van der Waals surface area (Å²) in [7, 11) is 1.67. The molecule has 1 aliphatic heterocycles. The van der Waals surface area contributed by atoms with Crippen LogP contribution in [0.3, 0.4) is 0 Å². The van der Waals surface area contributed by atoms with Crippen molar-refractivity contribution in [3.63, 3.8) is 0 Å². The highest BCUT2D eigenvalue weighted by Gasteiger charge is 2.24. The second-order valence-corrected chi connectivity index (χ2v) is 3.11. The van der Waals surface area contributed by atoms with Crippen LogP contribution >= 0.6 is 0 Å². The molecule has 15 heavy (non-hydrogen) atoms. The van der Waals surface area contributed by atoms with Crippen LogP contribution in [0.5, 0.6) is 11.5 Å². The molecule has 1 aliphatic rings. The van der Waals surface area contributed by atoms with E-state index in [4.69, 9.17) is 9.47 Å². The van der Waals surface area contributed by atoms with Gasteiger partial charge >= 0.3 is 0 Å². The summed E-state index contributed by atoms with van der Waals surface area (Å²) in [6, 6.07) is 2.61. The Labute approximate surface area is 86.0 Å². The zero-order chi connectivity index (χ0) is 10.8. The van der Waals surface area contributed by atoms with E-state index in [1.165, 1.54) is 12.1 Å². The summed E-state index contributed by atoms with van der Waals surface area (Å²) in [5.74, 6) is -0.435. The van der Waals surface area contributed by atoms with Gasteiger partial charge in [0, 0.05) is 0 Å². The molecule has 0 bridgehead atoms. The number of carbonyl (C=O) groups is 1. The molecular weight excluding hydrogens is 201 g/mol. The number of nitrogens with one attached hydrogen (secondary N) is 1. The Bertz CT molecular complexity index is 406. The second-order valence-electron chi connectivity index (χ2n) is 3.11. The van der Waals surface area contributed by atoms with Crippen LogP contribution in [0.15, 0.2) is 12.1 Å². The quantitative estimate of drug-likeness (QED) is 0.756. The van der Waals surface area contributed by atoms with Gasteiger partial charge in [0.25, 0.3) is 0 Å². The summed E-state index contributed by atoms with van der Waals surface area (Å²) in [6.45, 7) is 0.136. The fourth-order valence-corrected chi connectivity index (χ4v) is 1.44. The van der Waals surface area contributed by atoms with Gasteiger partial charge in [-0.3, -0.25) is 4.79 Å². The largest absolute Gasteiger partial charge is 0.453 e. The lowest BCUT2D eigenvalue weighted by Crippen LogP contribution is -2.18. The first-order chi connectivity index (χ1) is 7.24. The molecule has 1 aromatic rings. The Morgan fingerprint density at radius 2 is 2.20 bits per heavy atom. The van der Waals surface area contributed by atoms with Crippen LogP contribution in [0.1, 0.15) is 10.4 Å². The van der Waals surface area contributed by atoms with E-state index in [1.807, 2.05) is 0 Å². The Morgan fingerprint density at radius 1 is 1.47 bits per heavy atom. The molecule has 0 spiro atoms. The highest BCUT2D eigenvalue weighted by Crippen LogP contribution is 2.37. The van der Waals surface area contributed by atoms with Crippen LogP contribution in [-0.2, 0) is 0 Å². The number of fused-ring (bicyclic) bond motifs is 1. The van der Waals surface area contributed by atoms with E-state index >= 15 is 0 Å². The molecule has 0 atom stereocenters. The minimum atomic E-state index is -0.511. The number of benzene rings is 1. The van der Waals surface area contributed by atoms with Crippen LogP contribution in [-0.4, -0.2) is 26.2 Å². The SMILES string of the molecule is CNCC(=O)c1ccc(F)c2c1OCO2. The molecule has 5 heteroatoms. The number of halogens is 1. The number of ether oxygens (including phenoxy) is 2. The van der Waals surface area contributed by atoms with Gasteiger partial charge in [-0.05, 0) is 19.2 Å². The van der Waals surface area contributed by atoms with E-state index in [0.29, 0.717) is 5.56 Å². The fraction of sp³-hybridized carbons (Fsp3) is 0.300. The summed E-state index contributed by atoms with van der Waals surface area (Å²) >= 11 is 0. The Balaban J connectivity index is 2.41. The Kier molecular flexibility index (Phi) is 2.55. The molecule has 0 radical (unpaired) electrons. The fourth-order valence-electron chi connectivity index (χ4n) is 1.44. The third kappa shape index (κ3) is 1.66. The lowest BCUT2D eigenvalue weighted by molar-refractivity contribution is 0.0989. The summed E-state index contributed by atoms with van der Waals surface area (Å²) in [6.07, 6.45) is 0. The number of carbonyl (C=O) groups excluding carboxylic acids is 1. The topological polar surface area (TPSA) is 47.6 Å². The highest BCUT2D eigenvalue weighted by molar-refractivity contribution is 6.01. The molecule has 0 fully saturated rings. The standard InChI is InChI=1S/C10H10FNO3/c1-12-4-8(13)6-2-3-7(11)10-9(6)14-5-15-10/h2-3,12H,4-5H2,1H3. The maximum atomic E-state index is 13.2. The van der Waals surface area contributed by atoms with Gasteiger partial charge in [0.1, 0.15) is 0 Å². The molecule has 4 nitrogen and oxygen atoms in total. The number of ketones is 1. The van der Waals surface area contributed by atoms with Crippen molar-refractivity contribution in [3.8, 4) is 11.5 Å². The Morgan fingerprint density at radius 3 is 2.93 bits per heavy atom. The third-order valence-corrected chi connectivity index (χ3v) is 2.11. The molecule has 1 N–H and O–H groups in total. The normalized spacial score (nSPS) is 12.9. The molecule has 1 heterocycles. The molecule has 0 unspecified atom stereocenters. The number of hydrogen-bond donors (Lipinski definition) is 1. The minimum Gasteiger partial charge on any atom is -0.453 e. The zero-order valence-electron chi connectivity index (χ0n) is 8.17. The lowest BCUT2D eigenvalue weighted by Gasteiger charge is -2.04. The minimum absolute atomic E-state index is 0.0250. The van der Waals surface area contributed by atoms with Gasteiger partial charge in [0.15, 0.2) is 17.3 Å². The van der Waals surface area contributed by atoms with Crippen LogP contribution in [0.4, 0.5) is 4.39 Å². The first kappa shape index (κ1) is 9.92. The monoisotopic (exact) mass is 211 g/mol. The van der Waals surface area contributed by atoms with Crippen LogP contribution in [0.2, 0.25) is 0 Å². The molecule has 0 saturated heterocycles. The van der Waals surface area contributed by atoms with E-state index in [1.54, 1.807) is 7.05 Å². The van der Waals surface area contributed by atoms with Gasteiger partial charge in [-0.1, -0.05) is 0 Å². The Hall–Kier alpha value is -1.62. The average Bonchev–Trinajstić information content (AvgIpc) is 2.68. The molecule has 2 rings (SSSR count). The van der Waals surface area contributed by atoms with Crippen molar-refractivity contribution in [3.05, 3.63) is 23.5 Å². The van der Waals surface area contributed by atoms with Crippen molar-refractivity contribution in [1.29, 1.82) is 0 Å². The van der Waals surface area contributed by atoms with Crippen LogP contribution in [0.25, 0.3) is 0 Å². The van der Waals surface area contributed by atoms with E-state index < -0.39 is 5.82 Å². The lowest BCUT2D eigenvalue weighted by atomic mass is 10.1. The molecule has 0 aromatic heterocycles. The first-order valence-electron chi connectivity index (χ1n) is 4.50. The van der Waals surface area contributed by atoms with Gasteiger partial charge in [-0.2, -0.15) is 0 Å². The smallest absolute Gasteiger partial charge is 0.231 e. The third-order valence-electron chi connectivity index (χ3n) is 2.11. The second kappa shape index (κ2) is 3.86. The van der Waals surface area contributed by atoms with E-state index in [0.717, 1.165) is 0 Å². The summed E-state index contributed by atoms with van der Waals surface area (Å²) < 4.78 is 23.2. The van der Waals surface area contributed by atoms with Crippen molar-refractivity contribution >= 4 is 5.78 Å². The zero-order valence-corrected chi connectivity index (χ0v) is 8.17. The van der Waals surface area contributed by atoms with E-state index in [9.17, 15) is 9.18 Å². The summed E-state index contributed by atoms with van der Waals surface area (Å²) in [5.41, 5.74) is 0.346. The maximum Gasteiger partial charge on any atom is 0.231 e. The van der Waals surface area contributed by atoms with Crippen LogP contribution in [0, 0.1) is 5.82 Å². The average molecular weight is 211 g/mol. The predicted octanol–water partition coefficient (Wildman–Crippen LogP) is 0.957. The van der Waals surface area contributed by atoms with Crippen LogP contribution < -0.4 is 14.8 Å². The van der Waals surface area contributed by atoms with Crippen molar-refractivity contribution in [2.45, 2.75) is 0 Å². The van der Waals surface area contributed by atoms with Crippen molar-refractivity contribution in [2.75, 3.05) is 20.4 Å². The van der Waals surface area contributed by atoms with Gasteiger partial charge in [0.05, 0.1) is 12.1 Å². The number of Topliss-reactive ketones (excluding diaryl/α,β-unsaturated/α-hetero) is 1. The number of rotatable bonds is 3. The number of likely N-dealkylation sites (N-methyl/N-ethyl adjacent to an activating group) is 1. The van der Waals surface area contributed by atoms with Crippen molar-refractivity contribution < 1.29 is 18.7 Å². The summed E-state index contributed by atoms with van der Waals surface area (Å²) in [5, 5.41) is 2.73. The first-order valence-corrected chi connectivity index (χ1v) is 4.50. The molecule has 80 valence electrons. The van der Waals surface area contributed by atoms with Gasteiger partial charge < -0.3 is 14.8 Å². The van der Waals surface area contributed by atoms with Gasteiger partial charge in [-0.15, -0.1) is 0 Å². The van der Waals surface area contributed by atoms with E-state index in [2.05, 4.69) is 5.32 Å². The van der Waals surface area contributed by atoms with E-state index in [-0.39, 0.29) is 30.6 Å². The summed E-state index contributed by atoms with van der Waals surface area (Å²) in [4.78, 5) is 11.6. The molecule has 0 aliphatic carbocycles. The van der Waals surface area contributed by atoms with Crippen molar-refractivity contribution in [1.82, 2.24) is 5.32 Å². The molecule has 1 aromatic carbocycles. The molecule has 0 saturated carbocycles.